The SMILES string of the molecule is NC(=O)c1cccc2occ(C(=O)O)c12. The van der Waals surface area contributed by atoms with Crippen molar-refractivity contribution in [2.45, 2.75) is 0 Å². The van der Waals surface area contributed by atoms with Gasteiger partial charge in [0.15, 0.2) is 0 Å². The van der Waals surface area contributed by atoms with Crippen molar-refractivity contribution in [3.8, 4) is 0 Å². The number of benzene rings is 1. The number of carboxylic acid groups (broad SMARTS) is 1. The number of hydrogen-bond acceptors (Lipinski definition) is 3. The van der Waals surface area contributed by atoms with Gasteiger partial charge in [0.2, 0.25) is 5.91 Å². The van der Waals surface area contributed by atoms with E-state index in [-0.39, 0.29) is 16.5 Å². The summed E-state index contributed by atoms with van der Waals surface area (Å²) in [5.74, 6) is -1.83. The average Bonchev–Trinajstić information content (AvgIpc) is 2.60. The third-order valence-electron chi connectivity index (χ3n) is 2.10. The van der Waals surface area contributed by atoms with E-state index < -0.39 is 11.9 Å². The number of aromatic carboxylic acids is 1. The summed E-state index contributed by atoms with van der Waals surface area (Å²) >= 11 is 0. The van der Waals surface area contributed by atoms with Gasteiger partial charge >= 0.3 is 5.97 Å². The Kier molecular flexibility index (Phi) is 1.93. The fraction of sp³-hybridized carbons (Fsp3) is 0. The number of primary amides is 1. The van der Waals surface area contributed by atoms with Crippen LogP contribution in [0.25, 0.3) is 11.0 Å². The number of fused-ring (bicyclic) bond motifs is 1. The highest BCUT2D eigenvalue weighted by molar-refractivity contribution is 6.12. The smallest absolute Gasteiger partial charge is 0.339 e. The molecule has 1 aromatic heterocycles. The first kappa shape index (κ1) is 9.26. The molecule has 0 aliphatic heterocycles. The van der Waals surface area contributed by atoms with E-state index in [1.165, 1.54) is 6.07 Å². The number of furan rings is 1. The van der Waals surface area contributed by atoms with Crippen LogP contribution >= 0.6 is 0 Å². The van der Waals surface area contributed by atoms with Crippen molar-refractivity contribution >= 4 is 22.8 Å². The van der Waals surface area contributed by atoms with Gasteiger partial charge in [-0.15, -0.1) is 0 Å². The van der Waals surface area contributed by atoms with Gasteiger partial charge in [-0.1, -0.05) is 6.07 Å². The monoisotopic (exact) mass is 205 g/mol. The van der Waals surface area contributed by atoms with Crippen LogP contribution in [-0.4, -0.2) is 17.0 Å². The molecule has 76 valence electrons. The Morgan fingerprint density at radius 1 is 1.27 bits per heavy atom. The summed E-state index contributed by atoms with van der Waals surface area (Å²) in [5.41, 5.74) is 5.57. The van der Waals surface area contributed by atoms with Gasteiger partial charge < -0.3 is 15.3 Å². The summed E-state index contributed by atoms with van der Waals surface area (Å²) in [6, 6.07) is 4.62. The Labute approximate surface area is 84.1 Å². The maximum absolute atomic E-state index is 11.1. The number of carbonyl (C=O) groups is 2. The van der Waals surface area contributed by atoms with Crippen LogP contribution < -0.4 is 5.73 Å². The van der Waals surface area contributed by atoms with Crippen LogP contribution in [-0.2, 0) is 0 Å². The quantitative estimate of drug-likeness (QED) is 0.770. The molecule has 1 heterocycles. The lowest BCUT2D eigenvalue weighted by molar-refractivity contribution is 0.0698. The molecule has 0 bridgehead atoms. The highest BCUT2D eigenvalue weighted by Gasteiger charge is 2.17. The summed E-state index contributed by atoms with van der Waals surface area (Å²) in [4.78, 5) is 21.9. The summed E-state index contributed by atoms with van der Waals surface area (Å²) in [6.07, 6.45) is 1.10. The molecule has 0 spiro atoms. The first-order valence-electron chi connectivity index (χ1n) is 4.14. The minimum absolute atomic E-state index is 0.0561. The number of carbonyl (C=O) groups excluding carboxylic acids is 1. The molecule has 1 aromatic carbocycles. The van der Waals surface area contributed by atoms with Crippen LogP contribution in [0.1, 0.15) is 20.7 Å². The molecule has 1 amide bonds. The van der Waals surface area contributed by atoms with Gasteiger partial charge in [0.05, 0.1) is 5.56 Å². The fourth-order valence-corrected chi connectivity index (χ4v) is 1.45. The molecular formula is C10H7NO4. The van der Waals surface area contributed by atoms with Crippen LogP contribution in [0.3, 0.4) is 0 Å². The number of hydrogen-bond donors (Lipinski definition) is 2. The summed E-state index contributed by atoms with van der Waals surface area (Å²) < 4.78 is 5.01. The van der Waals surface area contributed by atoms with E-state index in [2.05, 4.69) is 0 Å². The zero-order chi connectivity index (χ0) is 11.0. The molecule has 5 nitrogen and oxygen atoms in total. The Balaban J connectivity index is 2.86. The zero-order valence-corrected chi connectivity index (χ0v) is 7.56. The highest BCUT2D eigenvalue weighted by Crippen LogP contribution is 2.24. The molecule has 0 saturated carbocycles. The Bertz CT molecular complexity index is 556. The molecule has 5 heteroatoms. The van der Waals surface area contributed by atoms with Crippen molar-refractivity contribution in [3.63, 3.8) is 0 Å². The molecule has 0 aliphatic carbocycles. The molecule has 15 heavy (non-hydrogen) atoms. The van der Waals surface area contributed by atoms with E-state index in [1.54, 1.807) is 12.1 Å². The van der Waals surface area contributed by atoms with Crippen LogP contribution in [0.2, 0.25) is 0 Å². The Hall–Kier alpha value is -2.30. The van der Waals surface area contributed by atoms with Crippen LogP contribution in [0.5, 0.6) is 0 Å². The number of nitrogens with two attached hydrogens (primary N) is 1. The van der Waals surface area contributed by atoms with E-state index in [0.717, 1.165) is 6.26 Å². The topological polar surface area (TPSA) is 93.5 Å². The minimum Gasteiger partial charge on any atom is -0.478 e. The molecular weight excluding hydrogens is 198 g/mol. The van der Waals surface area contributed by atoms with E-state index in [1.807, 2.05) is 0 Å². The third-order valence-corrected chi connectivity index (χ3v) is 2.10. The first-order valence-corrected chi connectivity index (χ1v) is 4.14. The van der Waals surface area contributed by atoms with Crippen LogP contribution in [0, 0.1) is 0 Å². The van der Waals surface area contributed by atoms with E-state index in [0.29, 0.717) is 5.58 Å². The fourth-order valence-electron chi connectivity index (χ4n) is 1.45. The van der Waals surface area contributed by atoms with E-state index >= 15 is 0 Å². The molecule has 0 atom stereocenters. The predicted octanol–water partition coefficient (Wildman–Crippen LogP) is 1.23. The number of carboxylic acids is 1. The molecule has 2 rings (SSSR count). The van der Waals surface area contributed by atoms with Gasteiger partial charge in [0.1, 0.15) is 17.4 Å². The van der Waals surface area contributed by atoms with Crippen molar-refractivity contribution in [3.05, 3.63) is 35.6 Å². The second-order valence-corrected chi connectivity index (χ2v) is 3.00. The number of amides is 1. The van der Waals surface area contributed by atoms with Crippen LogP contribution in [0.15, 0.2) is 28.9 Å². The third kappa shape index (κ3) is 1.34. The average molecular weight is 205 g/mol. The number of rotatable bonds is 2. The standard InChI is InChI=1S/C10H7NO4/c11-9(12)5-2-1-3-7-8(5)6(4-15-7)10(13)14/h1-4H,(H2,11,12)(H,13,14). The lowest BCUT2D eigenvalue weighted by atomic mass is 10.1. The molecule has 2 aromatic rings. The molecule has 0 saturated heterocycles. The molecule has 3 N–H and O–H groups in total. The molecule has 0 fully saturated rings. The Morgan fingerprint density at radius 3 is 2.60 bits per heavy atom. The largest absolute Gasteiger partial charge is 0.478 e. The van der Waals surface area contributed by atoms with E-state index in [9.17, 15) is 9.59 Å². The van der Waals surface area contributed by atoms with Gasteiger partial charge in [-0.3, -0.25) is 4.79 Å². The van der Waals surface area contributed by atoms with E-state index in [4.69, 9.17) is 15.3 Å². The van der Waals surface area contributed by atoms with Gasteiger partial charge in [0.25, 0.3) is 0 Å². The van der Waals surface area contributed by atoms with Crippen molar-refractivity contribution in [1.29, 1.82) is 0 Å². The normalized spacial score (nSPS) is 10.4. The highest BCUT2D eigenvalue weighted by atomic mass is 16.4. The first-order chi connectivity index (χ1) is 7.11. The van der Waals surface area contributed by atoms with Gasteiger partial charge in [-0.2, -0.15) is 0 Å². The molecule has 0 radical (unpaired) electrons. The maximum Gasteiger partial charge on any atom is 0.339 e. The zero-order valence-electron chi connectivity index (χ0n) is 7.56. The van der Waals surface area contributed by atoms with Gasteiger partial charge in [-0.25, -0.2) is 4.79 Å². The lowest BCUT2D eigenvalue weighted by Crippen LogP contribution is -2.12. The van der Waals surface area contributed by atoms with Gasteiger partial charge in [0, 0.05) is 5.39 Å². The Morgan fingerprint density at radius 2 is 2.00 bits per heavy atom. The van der Waals surface area contributed by atoms with Crippen molar-refractivity contribution in [1.82, 2.24) is 0 Å². The second-order valence-electron chi connectivity index (χ2n) is 3.00. The summed E-state index contributed by atoms with van der Waals surface area (Å²) in [7, 11) is 0. The predicted molar refractivity (Wildman–Crippen MR) is 51.7 cm³/mol. The van der Waals surface area contributed by atoms with Crippen molar-refractivity contribution < 1.29 is 19.1 Å². The maximum atomic E-state index is 11.1. The lowest BCUT2D eigenvalue weighted by Gasteiger charge is -1.97. The summed E-state index contributed by atoms with van der Waals surface area (Å²) in [5, 5.41) is 9.11. The molecule has 0 aliphatic rings. The second kappa shape index (κ2) is 3.13. The van der Waals surface area contributed by atoms with Crippen molar-refractivity contribution in [2.24, 2.45) is 5.73 Å². The van der Waals surface area contributed by atoms with Crippen LogP contribution in [0.4, 0.5) is 0 Å². The van der Waals surface area contributed by atoms with Gasteiger partial charge in [-0.05, 0) is 12.1 Å². The summed E-state index contributed by atoms with van der Waals surface area (Å²) in [6.45, 7) is 0. The van der Waals surface area contributed by atoms with Crippen molar-refractivity contribution in [2.75, 3.05) is 0 Å². The molecule has 0 unspecified atom stereocenters. The minimum atomic E-state index is -1.15.